The molecule has 0 aliphatic carbocycles. The lowest BCUT2D eigenvalue weighted by Crippen LogP contribution is -2.31. The van der Waals surface area contributed by atoms with Gasteiger partial charge in [-0.1, -0.05) is 163 Å². The second-order valence-electron chi connectivity index (χ2n) is 14.2. The summed E-state index contributed by atoms with van der Waals surface area (Å²) in [6.45, 7) is 14.9. The maximum atomic E-state index is 11.9. The number of phenols is 1. The molecule has 0 saturated carbocycles. The lowest BCUT2D eigenvalue weighted by molar-refractivity contribution is -0.312. The number of unbranched alkanes of at least 4 members (excludes halogenated alkanes) is 15. The van der Waals surface area contributed by atoms with Gasteiger partial charge >= 0.3 is 0 Å². The largest absolute Gasteiger partial charge is 0.550 e. The first-order valence-corrected chi connectivity index (χ1v) is 16.5. The molecule has 0 aromatic heterocycles. The highest BCUT2D eigenvalue weighted by molar-refractivity contribution is 5.67. The molecule has 0 radical (unpaired) electrons. The molecule has 3 heteroatoms. The number of carboxylic acids is 1. The molecule has 0 fully saturated rings. The van der Waals surface area contributed by atoms with Crippen molar-refractivity contribution >= 4 is 5.97 Å². The molecule has 0 bridgehead atoms. The van der Waals surface area contributed by atoms with Crippen LogP contribution in [0.2, 0.25) is 0 Å². The monoisotopic (exact) mass is 543 g/mol. The van der Waals surface area contributed by atoms with E-state index in [2.05, 4.69) is 60.6 Å². The van der Waals surface area contributed by atoms with Crippen LogP contribution in [0.1, 0.15) is 181 Å². The fourth-order valence-electron chi connectivity index (χ4n) is 5.64. The molecule has 39 heavy (non-hydrogen) atoms. The van der Waals surface area contributed by atoms with E-state index in [1.165, 1.54) is 89.9 Å². The van der Waals surface area contributed by atoms with Crippen molar-refractivity contribution in [2.24, 2.45) is 5.92 Å². The summed E-state index contributed by atoms with van der Waals surface area (Å²) >= 11 is 0. The van der Waals surface area contributed by atoms with Gasteiger partial charge in [0.05, 0.1) is 0 Å². The Hall–Kier alpha value is -1.51. The van der Waals surface area contributed by atoms with E-state index < -0.39 is 11.9 Å². The van der Waals surface area contributed by atoms with Gasteiger partial charge in [-0.25, -0.2) is 0 Å². The van der Waals surface area contributed by atoms with Crippen LogP contribution in [0.4, 0.5) is 0 Å². The van der Waals surface area contributed by atoms with Gasteiger partial charge < -0.3 is 15.0 Å². The molecule has 1 aromatic carbocycles. The molecule has 1 atom stereocenters. The lowest BCUT2D eigenvalue weighted by Gasteiger charge is -2.28. The summed E-state index contributed by atoms with van der Waals surface area (Å²) in [5, 5.41) is 22.8. The van der Waals surface area contributed by atoms with Crippen LogP contribution in [-0.2, 0) is 22.0 Å². The SMILES string of the molecule is CCCCCCCCCCCCCCCCCCC(CCc1cc(C(C)(C)C)c(O)c(C(C)(C)C)c1)C(=O)[O-]. The lowest BCUT2D eigenvalue weighted by atomic mass is 9.78. The number of phenolic OH excluding ortho intramolecular Hbond substituents is 1. The van der Waals surface area contributed by atoms with Gasteiger partial charge in [0.2, 0.25) is 0 Å². The molecule has 226 valence electrons. The van der Waals surface area contributed by atoms with Crippen LogP contribution in [0, 0.1) is 5.92 Å². The number of rotatable bonds is 21. The number of aryl methyl sites for hydroxylation is 1. The zero-order valence-electron chi connectivity index (χ0n) is 26.9. The van der Waals surface area contributed by atoms with E-state index >= 15 is 0 Å². The van der Waals surface area contributed by atoms with Gasteiger partial charge in [0, 0.05) is 5.97 Å². The van der Waals surface area contributed by atoms with E-state index in [9.17, 15) is 15.0 Å². The Bertz CT molecular complexity index is 761. The van der Waals surface area contributed by atoms with E-state index in [0.29, 0.717) is 25.0 Å². The number of aliphatic carboxylic acids is 1. The van der Waals surface area contributed by atoms with Crippen molar-refractivity contribution in [1.29, 1.82) is 0 Å². The minimum atomic E-state index is -0.915. The standard InChI is InChI=1S/C36H64O3/c1-8-9-10-11-12-13-14-15-16-17-18-19-20-21-22-23-24-30(34(38)39)26-25-29-27-31(35(2,3)4)33(37)32(28-29)36(5,6)7/h27-28,30,37H,8-26H2,1-7H3,(H,38,39)/p-1. The summed E-state index contributed by atoms with van der Waals surface area (Å²) < 4.78 is 0. The van der Waals surface area contributed by atoms with Crippen molar-refractivity contribution in [1.82, 2.24) is 0 Å². The van der Waals surface area contributed by atoms with Gasteiger partial charge in [0.1, 0.15) is 5.75 Å². The van der Waals surface area contributed by atoms with Crippen molar-refractivity contribution < 1.29 is 15.0 Å². The minimum Gasteiger partial charge on any atom is -0.550 e. The number of aromatic hydroxyl groups is 1. The molecule has 0 aliphatic heterocycles. The first-order chi connectivity index (χ1) is 18.4. The fourth-order valence-corrected chi connectivity index (χ4v) is 5.64. The van der Waals surface area contributed by atoms with Crippen molar-refractivity contribution in [3.05, 3.63) is 28.8 Å². The van der Waals surface area contributed by atoms with Crippen LogP contribution in [0.25, 0.3) is 0 Å². The Balaban J connectivity index is 2.31. The van der Waals surface area contributed by atoms with Gasteiger partial charge in [0.25, 0.3) is 0 Å². The van der Waals surface area contributed by atoms with Gasteiger partial charge in [-0.2, -0.15) is 0 Å². The van der Waals surface area contributed by atoms with Crippen LogP contribution < -0.4 is 5.11 Å². The molecular weight excluding hydrogens is 480 g/mol. The number of hydrogen-bond acceptors (Lipinski definition) is 3. The number of carboxylic acid groups (broad SMARTS) is 1. The summed E-state index contributed by atoms with van der Waals surface area (Å²) in [5.74, 6) is -0.938. The molecule has 1 N–H and O–H groups in total. The normalized spacial score (nSPS) is 13.1. The van der Waals surface area contributed by atoms with Crippen molar-refractivity contribution in [3.8, 4) is 5.75 Å². The van der Waals surface area contributed by atoms with Gasteiger partial charge in [-0.15, -0.1) is 0 Å². The Morgan fingerprint density at radius 3 is 1.36 bits per heavy atom. The van der Waals surface area contributed by atoms with Gasteiger partial charge in [-0.05, 0) is 52.7 Å². The molecule has 1 aromatic rings. The molecular formula is C36H63O3-. The first-order valence-electron chi connectivity index (χ1n) is 16.5. The highest BCUT2D eigenvalue weighted by Crippen LogP contribution is 2.40. The van der Waals surface area contributed by atoms with Gasteiger partial charge in [-0.3, -0.25) is 0 Å². The molecule has 0 heterocycles. The zero-order chi connectivity index (χ0) is 29.3. The molecule has 0 amide bonds. The first kappa shape index (κ1) is 35.5. The Morgan fingerprint density at radius 1 is 0.667 bits per heavy atom. The topological polar surface area (TPSA) is 60.4 Å². The third-order valence-electron chi connectivity index (χ3n) is 8.31. The summed E-state index contributed by atoms with van der Waals surface area (Å²) in [4.78, 5) is 11.9. The van der Waals surface area contributed by atoms with E-state index in [0.717, 1.165) is 29.5 Å². The third kappa shape index (κ3) is 15.2. The highest BCUT2D eigenvalue weighted by atomic mass is 16.4. The average molecular weight is 544 g/mol. The van der Waals surface area contributed by atoms with E-state index in [1.807, 2.05) is 0 Å². The molecule has 1 unspecified atom stereocenters. The Kier molecular flexibility index (Phi) is 17.1. The third-order valence-corrected chi connectivity index (χ3v) is 8.31. The van der Waals surface area contributed by atoms with Crippen molar-refractivity contribution in [2.45, 2.75) is 181 Å². The molecule has 0 saturated heterocycles. The quantitative estimate of drug-likeness (QED) is 0.157. The number of hydrogen-bond donors (Lipinski definition) is 1. The van der Waals surface area contributed by atoms with Crippen LogP contribution in [0.5, 0.6) is 5.75 Å². The Morgan fingerprint density at radius 2 is 1.03 bits per heavy atom. The zero-order valence-corrected chi connectivity index (χ0v) is 26.9. The van der Waals surface area contributed by atoms with Crippen LogP contribution >= 0.6 is 0 Å². The maximum absolute atomic E-state index is 11.9. The van der Waals surface area contributed by atoms with Gasteiger partial charge in [0.15, 0.2) is 0 Å². The van der Waals surface area contributed by atoms with Crippen LogP contribution in [0.3, 0.4) is 0 Å². The summed E-state index contributed by atoms with van der Waals surface area (Å²) in [6.07, 6.45) is 23.2. The average Bonchev–Trinajstić information content (AvgIpc) is 2.84. The van der Waals surface area contributed by atoms with Crippen LogP contribution in [0.15, 0.2) is 12.1 Å². The molecule has 3 nitrogen and oxygen atoms in total. The van der Waals surface area contributed by atoms with E-state index in [4.69, 9.17) is 0 Å². The second kappa shape index (κ2) is 18.8. The van der Waals surface area contributed by atoms with E-state index in [1.54, 1.807) is 0 Å². The predicted octanol–water partition coefficient (Wildman–Crippen LogP) is 9.94. The smallest absolute Gasteiger partial charge is 0.123 e. The second-order valence-corrected chi connectivity index (χ2v) is 14.2. The molecule has 0 aliphatic rings. The molecule has 1 rings (SSSR count). The summed E-state index contributed by atoms with van der Waals surface area (Å²) in [7, 11) is 0. The van der Waals surface area contributed by atoms with E-state index in [-0.39, 0.29) is 10.8 Å². The Labute approximate surface area is 242 Å². The fraction of sp³-hybridized carbons (Fsp3) is 0.806. The maximum Gasteiger partial charge on any atom is 0.123 e. The minimum absolute atomic E-state index is 0.179. The highest BCUT2D eigenvalue weighted by Gasteiger charge is 2.26. The number of carbonyl (C=O) groups is 1. The number of benzene rings is 1. The van der Waals surface area contributed by atoms with Crippen molar-refractivity contribution in [2.75, 3.05) is 0 Å². The molecule has 0 spiro atoms. The van der Waals surface area contributed by atoms with Crippen LogP contribution in [-0.4, -0.2) is 11.1 Å². The number of carbonyl (C=O) groups excluding carboxylic acids is 1. The predicted molar refractivity (Wildman–Crippen MR) is 166 cm³/mol. The summed E-state index contributed by atoms with van der Waals surface area (Å²) in [6, 6.07) is 4.15. The van der Waals surface area contributed by atoms with Crippen molar-refractivity contribution in [3.63, 3.8) is 0 Å². The summed E-state index contributed by atoms with van der Waals surface area (Å²) in [5.41, 5.74) is 2.63.